The Morgan fingerprint density at radius 2 is 1.75 bits per heavy atom. The zero-order valence-corrected chi connectivity index (χ0v) is 18.6. The molecule has 36 heavy (non-hydrogen) atoms. The van der Waals surface area contributed by atoms with Gasteiger partial charge < -0.3 is 0 Å². The molecule has 0 bridgehead atoms. The maximum absolute atomic E-state index is 13.3. The second kappa shape index (κ2) is 8.66. The van der Waals surface area contributed by atoms with Gasteiger partial charge in [0.1, 0.15) is 6.20 Å². The minimum Gasteiger partial charge on any atom is -0.268 e. The van der Waals surface area contributed by atoms with Gasteiger partial charge in [0.05, 0.1) is 34.0 Å². The topological polar surface area (TPSA) is 109 Å². The summed E-state index contributed by atoms with van der Waals surface area (Å²) in [5.74, 6) is 0. The van der Waals surface area contributed by atoms with Crippen LogP contribution < -0.4 is 11.2 Å². The third kappa shape index (κ3) is 3.94. The van der Waals surface area contributed by atoms with E-state index in [1.165, 1.54) is 37.3 Å². The monoisotopic (exact) mass is 496 g/mol. The molecular weight excluding hydrogens is 481 g/mol. The number of rotatable bonds is 4. The van der Waals surface area contributed by atoms with Crippen molar-refractivity contribution >= 4 is 11.4 Å². The number of nitrogens with zero attached hydrogens (tertiary/aromatic N) is 6. The molecule has 0 aliphatic carbocycles. The zero-order chi connectivity index (χ0) is 26.4. The summed E-state index contributed by atoms with van der Waals surface area (Å²) in [7, 11) is 1.12. The van der Waals surface area contributed by atoms with Crippen LogP contribution in [-0.2, 0) is 13.2 Å². The number of hydrogen-bond donors (Lipinski definition) is 0. The molecule has 0 aliphatic heterocycles. The van der Waals surface area contributed by atoms with E-state index in [-0.39, 0.29) is 28.3 Å². The lowest BCUT2D eigenvalue weighted by molar-refractivity contribution is -0.384. The van der Waals surface area contributed by atoms with Crippen LogP contribution >= 0.6 is 0 Å². The minimum atomic E-state index is -4.69. The van der Waals surface area contributed by atoms with E-state index in [4.69, 9.17) is 6.57 Å². The molecule has 0 aliphatic rings. The number of aromatic nitrogens is 4. The number of halogens is 3. The van der Waals surface area contributed by atoms with E-state index in [2.05, 4.69) is 9.94 Å². The molecule has 4 rings (SSSR count). The van der Waals surface area contributed by atoms with Gasteiger partial charge in [0.15, 0.2) is 11.4 Å². The number of nitro groups is 1. The highest BCUT2D eigenvalue weighted by Gasteiger charge is 2.32. The van der Waals surface area contributed by atoms with Crippen LogP contribution in [0.2, 0.25) is 0 Å². The Hall–Kier alpha value is -4.99. The first-order chi connectivity index (χ1) is 17.0. The van der Waals surface area contributed by atoms with Crippen LogP contribution in [0.1, 0.15) is 11.3 Å². The molecule has 13 heteroatoms. The van der Waals surface area contributed by atoms with Gasteiger partial charge in [-0.3, -0.25) is 24.0 Å². The summed E-state index contributed by atoms with van der Waals surface area (Å²) in [5, 5.41) is 15.9. The SMILES string of the molecule is [C-]#[N+]c1ccc(-n2ncc([N+](=O)[O-])c2-c2c(C)n(-c3cccc(C(F)(F)F)c3)c(=O)n(C)c2=O)cc1. The standard InChI is InChI=1S/C23H15F3N6O4/c1-13-19(20-18(32(35)36)12-28-31(20)16-9-7-15(27-2)8-10-16)21(33)29(3)22(34)30(13)17-6-4-5-14(11-17)23(24,25)26/h4-12H,1,3H3. The van der Waals surface area contributed by atoms with Gasteiger partial charge in [-0.05, 0) is 37.3 Å². The van der Waals surface area contributed by atoms with E-state index in [9.17, 15) is 32.9 Å². The summed E-state index contributed by atoms with van der Waals surface area (Å²) in [6.07, 6.45) is -3.76. The second-order valence-corrected chi connectivity index (χ2v) is 7.67. The third-order valence-corrected chi connectivity index (χ3v) is 5.53. The molecule has 0 unspecified atom stereocenters. The first-order valence-electron chi connectivity index (χ1n) is 10.2. The molecule has 0 spiro atoms. The number of hydrogen-bond acceptors (Lipinski definition) is 5. The van der Waals surface area contributed by atoms with Crippen molar-refractivity contribution in [2.75, 3.05) is 0 Å². The molecule has 0 fully saturated rings. The summed E-state index contributed by atoms with van der Waals surface area (Å²) in [6, 6.07) is 9.79. The molecule has 2 aromatic heterocycles. The highest BCUT2D eigenvalue weighted by Crippen LogP contribution is 2.34. The van der Waals surface area contributed by atoms with Gasteiger partial charge in [0.25, 0.3) is 5.56 Å². The average molecular weight is 496 g/mol. The quantitative estimate of drug-likeness (QED) is 0.239. The average Bonchev–Trinajstić information content (AvgIpc) is 3.27. The Balaban J connectivity index is 2.08. The van der Waals surface area contributed by atoms with Gasteiger partial charge in [-0.15, -0.1) is 0 Å². The molecule has 0 saturated carbocycles. The second-order valence-electron chi connectivity index (χ2n) is 7.67. The fourth-order valence-corrected chi connectivity index (χ4v) is 3.78. The van der Waals surface area contributed by atoms with Crippen LogP contribution in [0.5, 0.6) is 0 Å². The number of alkyl halides is 3. The maximum atomic E-state index is 13.3. The molecule has 0 radical (unpaired) electrons. The summed E-state index contributed by atoms with van der Waals surface area (Å²) in [5.41, 5.74) is -3.70. The Labute approximate surface area is 200 Å². The van der Waals surface area contributed by atoms with Crippen molar-refractivity contribution in [3.8, 4) is 22.6 Å². The zero-order valence-electron chi connectivity index (χ0n) is 18.6. The van der Waals surface area contributed by atoms with E-state index < -0.39 is 33.6 Å². The van der Waals surface area contributed by atoms with E-state index in [0.29, 0.717) is 10.3 Å². The van der Waals surface area contributed by atoms with Crippen LogP contribution in [0.25, 0.3) is 27.5 Å². The smallest absolute Gasteiger partial charge is 0.268 e. The number of benzene rings is 2. The van der Waals surface area contributed by atoms with Gasteiger partial charge in [-0.25, -0.2) is 14.3 Å². The molecule has 182 valence electrons. The maximum Gasteiger partial charge on any atom is 0.416 e. The highest BCUT2D eigenvalue weighted by atomic mass is 19.4. The van der Waals surface area contributed by atoms with Crippen LogP contribution in [0.3, 0.4) is 0 Å². The van der Waals surface area contributed by atoms with Gasteiger partial charge in [-0.1, -0.05) is 18.2 Å². The third-order valence-electron chi connectivity index (χ3n) is 5.53. The lowest BCUT2D eigenvalue weighted by Crippen LogP contribution is -2.40. The molecule has 0 N–H and O–H groups in total. The van der Waals surface area contributed by atoms with Gasteiger partial charge >= 0.3 is 17.6 Å². The van der Waals surface area contributed by atoms with E-state index in [1.807, 2.05) is 0 Å². The van der Waals surface area contributed by atoms with E-state index in [1.54, 1.807) is 0 Å². The molecule has 0 amide bonds. The van der Waals surface area contributed by atoms with Crippen LogP contribution in [-0.4, -0.2) is 23.8 Å². The van der Waals surface area contributed by atoms with Crippen molar-refractivity contribution in [1.29, 1.82) is 0 Å². The lowest BCUT2D eigenvalue weighted by atomic mass is 10.1. The van der Waals surface area contributed by atoms with Gasteiger partial charge in [0.2, 0.25) is 0 Å². The fourth-order valence-electron chi connectivity index (χ4n) is 3.78. The van der Waals surface area contributed by atoms with Crippen LogP contribution in [0.15, 0.2) is 64.3 Å². The normalized spacial score (nSPS) is 11.3. The van der Waals surface area contributed by atoms with Crippen molar-refractivity contribution in [1.82, 2.24) is 18.9 Å². The van der Waals surface area contributed by atoms with Crippen LogP contribution in [0, 0.1) is 23.6 Å². The molecule has 2 aromatic carbocycles. The van der Waals surface area contributed by atoms with Crippen molar-refractivity contribution in [2.24, 2.45) is 7.05 Å². The highest BCUT2D eigenvalue weighted by molar-refractivity contribution is 5.73. The first-order valence-corrected chi connectivity index (χ1v) is 10.2. The predicted octanol–water partition coefficient (Wildman–Crippen LogP) is 4.18. The Kier molecular flexibility index (Phi) is 5.81. The predicted molar refractivity (Wildman–Crippen MR) is 122 cm³/mol. The van der Waals surface area contributed by atoms with Crippen molar-refractivity contribution in [3.05, 3.63) is 108 Å². The minimum absolute atomic E-state index is 0.120. The molecular formula is C23H15F3N6O4. The van der Waals surface area contributed by atoms with Gasteiger partial charge in [0, 0.05) is 12.7 Å². The van der Waals surface area contributed by atoms with E-state index >= 15 is 0 Å². The Morgan fingerprint density at radius 1 is 1.08 bits per heavy atom. The molecule has 2 heterocycles. The molecule has 0 atom stereocenters. The molecule has 4 aromatic rings. The summed E-state index contributed by atoms with van der Waals surface area (Å²) in [6.45, 7) is 8.39. The van der Waals surface area contributed by atoms with E-state index in [0.717, 1.165) is 40.7 Å². The first kappa shape index (κ1) is 24.1. The van der Waals surface area contributed by atoms with Gasteiger partial charge in [-0.2, -0.15) is 18.3 Å². The molecule has 0 saturated heterocycles. The lowest BCUT2D eigenvalue weighted by Gasteiger charge is -2.17. The summed E-state index contributed by atoms with van der Waals surface area (Å²) < 4.78 is 42.6. The summed E-state index contributed by atoms with van der Waals surface area (Å²) in [4.78, 5) is 40.6. The Bertz CT molecular complexity index is 1670. The van der Waals surface area contributed by atoms with Crippen LogP contribution in [0.4, 0.5) is 24.5 Å². The largest absolute Gasteiger partial charge is 0.416 e. The Morgan fingerprint density at radius 3 is 2.33 bits per heavy atom. The molecule has 10 nitrogen and oxygen atoms in total. The fraction of sp³-hybridized carbons (Fsp3) is 0.130. The summed E-state index contributed by atoms with van der Waals surface area (Å²) >= 11 is 0. The van der Waals surface area contributed by atoms with Crippen molar-refractivity contribution < 1.29 is 18.1 Å². The van der Waals surface area contributed by atoms with Crippen molar-refractivity contribution in [3.63, 3.8) is 0 Å². The van der Waals surface area contributed by atoms with Crippen molar-refractivity contribution in [2.45, 2.75) is 13.1 Å².